The Kier molecular flexibility index (Phi) is 6.03. The van der Waals surface area contributed by atoms with Gasteiger partial charge in [0.15, 0.2) is 0 Å². The summed E-state index contributed by atoms with van der Waals surface area (Å²) in [6, 6.07) is -0.714. The number of rotatable bonds is 5. The Hall–Kier alpha value is -1.63. The summed E-state index contributed by atoms with van der Waals surface area (Å²) in [4.78, 5) is 23.6. The van der Waals surface area contributed by atoms with Gasteiger partial charge in [0.1, 0.15) is 6.04 Å². The molecular formula is C8H17N4O3+. The SMILES string of the molecule is CC(=O)NC(N)=[NH+]CCC[C@@H]([NH3+])C(=O)[O-]. The van der Waals surface area contributed by atoms with Crippen LogP contribution in [-0.4, -0.2) is 30.4 Å². The van der Waals surface area contributed by atoms with Crippen LogP contribution in [0.25, 0.3) is 0 Å². The zero-order valence-electron chi connectivity index (χ0n) is 8.71. The van der Waals surface area contributed by atoms with E-state index in [1.165, 1.54) is 6.92 Å². The first-order valence-electron chi connectivity index (χ1n) is 4.61. The number of carbonyl (C=O) groups excluding carboxylic acids is 2. The van der Waals surface area contributed by atoms with Gasteiger partial charge in [0.2, 0.25) is 0 Å². The van der Waals surface area contributed by atoms with E-state index >= 15 is 0 Å². The van der Waals surface area contributed by atoms with E-state index in [4.69, 9.17) is 5.73 Å². The molecule has 0 fully saturated rings. The molecule has 0 aromatic heterocycles. The lowest BCUT2D eigenvalue weighted by atomic mass is 10.2. The van der Waals surface area contributed by atoms with Crippen LogP contribution in [0.4, 0.5) is 0 Å². The molecule has 7 N–H and O–H groups in total. The van der Waals surface area contributed by atoms with E-state index < -0.39 is 12.0 Å². The van der Waals surface area contributed by atoms with E-state index in [9.17, 15) is 14.7 Å². The lowest BCUT2D eigenvalue weighted by Crippen LogP contribution is -2.79. The maximum absolute atomic E-state index is 10.5. The summed E-state index contributed by atoms with van der Waals surface area (Å²) >= 11 is 0. The Balaban J connectivity index is 3.69. The molecule has 0 aliphatic heterocycles. The fraction of sp³-hybridized carbons (Fsp3) is 0.625. The fourth-order valence-electron chi connectivity index (χ4n) is 0.923. The molecule has 0 aromatic carbocycles. The highest BCUT2D eigenvalue weighted by Crippen LogP contribution is 1.87. The third-order valence-electron chi connectivity index (χ3n) is 1.69. The van der Waals surface area contributed by atoms with Gasteiger partial charge in [-0.1, -0.05) is 0 Å². The van der Waals surface area contributed by atoms with Crippen molar-refractivity contribution in [2.24, 2.45) is 5.73 Å². The predicted octanol–water partition coefficient (Wildman–Crippen LogP) is -5.34. The molecule has 7 nitrogen and oxygen atoms in total. The van der Waals surface area contributed by atoms with Crippen LogP contribution in [0.5, 0.6) is 0 Å². The molecule has 0 aromatic rings. The molecule has 0 aliphatic rings. The molecule has 0 saturated heterocycles. The molecule has 0 aliphatic carbocycles. The van der Waals surface area contributed by atoms with Crippen LogP contribution in [0.3, 0.4) is 0 Å². The van der Waals surface area contributed by atoms with E-state index in [2.05, 4.69) is 16.0 Å². The van der Waals surface area contributed by atoms with Crippen LogP contribution >= 0.6 is 0 Å². The van der Waals surface area contributed by atoms with Crippen molar-refractivity contribution >= 4 is 17.8 Å². The molecular weight excluding hydrogens is 200 g/mol. The third-order valence-corrected chi connectivity index (χ3v) is 1.69. The van der Waals surface area contributed by atoms with Crippen molar-refractivity contribution in [3.05, 3.63) is 0 Å². The van der Waals surface area contributed by atoms with Gasteiger partial charge in [-0.15, -0.1) is 0 Å². The van der Waals surface area contributed by atoms with Gasteiger partial charge in [-0.2, -0.15) is 0 Å². The van der Waals surface area contributed by atoms with E-state index in [1.54, 1.807) is 0 Å². The number of amides is 1. The number of quaternary nitrogens is 1. The number of nitrogens with one attached hydrogen (secondary N) is 2. The number of nitrogens with two attached hydrogens (primary N) is 1. The first-order chi connectivity index (χ1) is 6.93. The number of carboxylic acids is 1. The molecule has 0 unspecified atom stereocenters. The first kappa shape index (κ1) is 13.4. The van der Waals surface area contributed by atoms with Gasteiger partial charge in [0.05, 0.1) is 12.5 Å². The van der Waals surface area contributed by atoms with E-state index in [1.807, 2.05) is 0 Å². The van der Waals surface area contributed by atoms with Crippen molar-refractivity contribution in [1.82, 2.24) is 5.32 Å². The lowest BCUT2D eigenvalue weighted by molar-refractivity contribution is -0.467. The van der Waals surface area contributed by atoms with E-state index in [0.29, 0.717) is 19.4 Å². The Morgan fingerprint density at radius 2 is 2.20 bits per heavy atom. The van der Waals surface area contributed by atoms with Crippen molar-refractivity contribution in [3.8, 4) is 0 Å². The maximum atomic E-state index is 10.5. The number of aliphatic carboxylic acids is 1. The summed E-state index contributed by atoms with van der Waals surface area (Å²) in [5.74, 6) is -1.25. The van der Waals surface area contributed by atoms with Crippen LogP contribution in [0.2, 0.25) is 0 Å². The Bertz CT molecular complexity index is 265. The van der Waals surface area contributed by atoms with Gasteiger partial charge in [-0.25, -0.2) is 5.32 Å². The fourth-order valence-corrected chi connectivity index (χ4v) is 0.923. The molecule has 0 bridgehead atoms. The van der Waals surface area contributed by atoms with Crippen molar-refractivity contribution in [2.45, 2.75) is 25.8 Å². The van der Waals surface area contributed by atoms with Crippen LogP contribution in [0.15, 0.2) is 0 Å². The van der Waals surface area contributed by atoms with Gasteiger partial charge in [0.25, 0.3) is 5.91 Å². The van der Waals surface area contributed by atoms with Crippen molar-refractivity contribution in [2.75, 3.05) is 6.54 Å². The molecule has 0 spiro atoms. The Labute approximate surface area is 87.5 Å². The average molecular weight is 217 g/mol. The topological polar surface area (TPSA) is 137 Å². The Morgan fingerprint density at radius 3 is 2.67 bits per heavy atom. The summed E-state index contributed by atoms with van der Waals surface area (Å²) in [5.41, 5.74) is 8.79. The van der Waals surface area contributed by atoms with Gasteiger partial charge in [-0.3, -0.25) is 15.5 Å². The quantitative estimate of drug-likeness (QED) is 0.207. The second kappa shape index (κ2) is 6.77. The molecule has 7 heteroatoms. The van der Waals surface area contributed by atoms with Crippen LogP contribution in [0.1, 0.15) is 19.8 Å². The molecule has 1 atom stereocenters. The summed E-state index contributed by atoms with van der Waals surface area (Å²) in [5, 5.41) is 12.6. The Morgan fingerprint density at radius 1 is 1.60 bits per heavy atom. The summed E-state index contributed by atoms with van der Waals surface area (Å²) in [6.07, 6.45) is 0.991. The summed E-state index contributed by atoms with van der Waals surface area (Å²) < 4.78 is 0. The highest BCUT2D eigenvalue weighted by molar-refractivity contribution is 5.92. The smallest absolute Gasteiger partial charge is 0.348 e. The van der Waals surface area contributed by atoms with Gasteiger partial charge in [-0.05, 0) is 6.42 Å². The zero-order chi connectivity index (χ0) is 11.8. The normalized spacial score (nSPS) is 13.3. The van der Waals surface area contributed by atoms with E-state index in [-0.39, 0.29) is 11.9 Å². The van der Waals surface area contributed by atoms with Gasteiger partial charge >= 0.3 is 5.96 Å². The zero-order valence-corrected chi connectivity index (χ0v) is 8.71. The maximum Gasteiger partial charge on any atom is 0.348 e. The number of guanidine groups is 1. The molecule has 15 heavy (non-hydrogen) atoms. The second-order valence-corrected chi connectivity index (χ2v) is 3.18. The van der Waals surface area contributed by atoms with Gasteiger partial charge < -0.3 is 15.6 Å². The number of carbonyl (C=O) groups is 2. The van der Waals surface area contributed by atoms with Crippen LogP contribution < -0.4 is 26.9 Å². The first-order valence-corrected chi connectivity index (χ1v) is 4.61. The number of hydrogen-bond donors (Lipinski definition) is 4. The van der Waals surface area contributed by atoms with Crippen LogP contribution in [-0.2, 0) is 9.59 Å². The standard InChI is InChI=1S/C8H16N4O3/c1-5(13)12-8(10)11-4-2-3-6(9)7(14)15/h6H,2-4,9H2,1H3,(H,14,15)(H3,10,11,12,13)/p+1/t6-/m1/s1. The van der Waals surface area contributed by atoms with E-state index in [0.717, 1.165) is 0 Å². The monoisotopic (exact) mass is 217 g/mol. The number of hydrogen-bond acceptors (Lipinski definition) is 3. The minimum Gasteiger partial charge on any atom is -0.544 e. The lowest BCUT2D eigenvalue weighted by Gasteiger charge is -2.07. The predicted molar refractivity (Wildman–Crippen MR) is 49.8 cm³/mol. The highest BCUT2D eigenvalue weighted by Gasteiger charge is 2.06. The molecule has 86 valence electrons. The van der Waals surface area contributed by atoms with Crippen molar-refractivity contribution in [1.29, 1.82) is 0 Å². The summed E-state index contributed by atoms with van der Waals surface area (Å²) in [7, 11) is 0. The molecule has 1 amide bonds. The minimum atomic E-state index is -1.16. The minimum absolute atomic E-state index is 0.163. The molecule has 0 rings (SSSR count). The second-order valence-electron chi connectivity index (χ2n) is 3.18. The highest BCUT2D eigenvalue weighted by atomic mass is 16.4. The molecule has 0 heterocycles. The molecule has 0 radical (unpaired) electrons. The van der Waals surface area contributed by atoms with Crippen molar-refractivity contribution in [3.63, 3.8) is 0 Å². The third kappa shape index (κ3) is 7.44. The average Bonchev–Trinajstić information content (AvgIpc) is 2.10. The van der Waals surface area contributed by atoms with Crippen molar-refractivity contribution < 1.29 is 25.4 Å². The van der Waals surface area contributed by atoms with Crippen LogP contribution in [0, 0.1) is 0 Å². The largest absolute Gasteiger partial charge is 0.544 e. The van der Waals surface area contributed by atoms with Gasteiger partial charge in [0, 0.05) is 13.3 Å². The summed E-state index contributed by atoms with van der Waals surface area (Å²) in [6.45, 7) is 1.82. The molecule has 0 saturated carbocycles. The number of carboxylic acid groups (broad SMARTS) is 1.